The molecule has 0 radical (unpaired) electrons. The standard InChI is InChI=1S/C10H14N4O/c1-5(10-11-8(4)14-15-10)9-6(2)12-13-7(9)3/h5H,1-4H3,(H,12,13)/t5-/m1/s1. The van der Waals surface area contributed by atoms with Gasteiger partial charge in [0.1, 0.15) is 0 Å². The molecule has 0 unspecified atom stereocenters. The van der Waals surface area contributed by atoms with Crippen molar-refractivity contribution in [1.82, 2.24) is 20.3 Å². The Labute approximate surface area is 87.9 Å². The predicted octanol–water partition coefficient (Wildman–Crippen LogP) is 1.87. The van der Waals surface area contributed by atoms with E-state index < -0.39 is 0 Å². The van der Waals surface area contributed by atoms with Crippen LogP contribution in [0.5, 0.6) is 0 Å². The molecule has 5 nitrogen and oxygen atoms in total. The van der Waals surface area contributed by atoms with E-state index in [0.717, 1.165) is 17.0 Å². The highest BCUT2D eigenvalue weighted by atomic mass is 16.5. The molecule has 1 atom stereocenters. The maximum Gasteiger partial charge on any atom is 0.234 e. The van der Waals surface area contributed by atoms with E-state index >= 15 is 0 Å². The van der Waals surface area contributed by atoms with Gasteiger partial charge in [0.05, 0.1) is 11.6 Å². The van der Waals surface area contributed by atoms with Gasteiger partial charge in [-0.05, 0) is 27.7 Å². The van der Waals surface area contributed by atoms with E-state index in [1.165, 1.54) is 0 Å². The van der Waals surface area contributed by atoms with E-state index in [0.29, 0.717) is 11.7 Å². The van der Waals surface area contributed by atoms with E-state index in [9.17, 15) is 0 Å². The van der Waals surface area contributed by atoms with Crippen LogP contribution in [-0.2, 0) is 0 Å². The summed E-state index contributed by atoms with van der Waals surface area (Å²) in [4.78, 5) is 4.23. The van der Waals surface area contributed by atoms with Gasteiger partial charge in [0.25, 0.3) is 0 Å². The summed E-state index contributed by atoms with van der Waals surface area (Å²) in [6.07, 6.45) is 0. The van der Waals surface area contributed by atoms with Crippen molar-refractivity contribution >= 4 is 0 Å². The Kier molecular flexibility index (Phi) is 2.30. The molecule has 2 aromatic heterocycles. The van der Waals surface area contributed by atoms with Gasteiger partial charge in [0.2, 0.25) is 5.89 Å². The molecular weight excluding hydrogens is 192 g/mol. The lowest BCUT2D eigenvalue weighted by Crippen LogP contribution is -1.99. The van der Waals surface area contributed by atoms with Crippen LogP contribution in [0, 0.1) is 20.8 Å². The van der Waals surface area contributed by atoms with Crippen molar-refractivity contribution in [2.75, 3.05) is 0 Å². The minimum Gasteiger partial charge on any atom is -0.339 e. The minimum atomic E-state index is 0.0879. The summed E-state index contributed by atoms with van der Waals surface area (Å²) in [5.74, 6) is 1.39. The Morgan fingerprint density at radius 3 is 2.47 bits per heavy atom. The molecule has 0 saturated carbocycles. The van der Waals surface area contributed by atoms with Crippen molar-refractivity contribution in [2.45, 2.75) is 33.6 Å². The fourth-order valence-corrected chi connectivity index (χ4v) is 1.81. The molecule has 2 aromatic rings. The van der Waals surface area contributed by atoms with Gasteiger partial charge in [-0.1, -0.05) is 5.16 Å². The second kappa shape index (κ2) is 3.49. The van der Waals surface area contributed by atoms with Crippen LogP contribution >= 0.6 is 0 Å². The fraction of sp³-hybridized carbons (Fsp3) is 0.500. The van der Waals surface area contributed by atoms with E-state index in [2.05, 4.69) is 20.3 Å². The highest BCUT2D eigenvalue weighted by Gasteiger charge is 2.20. The molecule has 80 valence electrons. The summed E-state index contributed by atoms with van der Waals surface area (Å²) < 4.78 is 5.16. The summed E-state index contributed by atoms with van der Waals surface area (Å²) in [5, 5.41) is 10.9. The average Bonchev–Trinajstić information content (AvgIpc) is 2.73. The third-order valence-corrected chi connectivity index (χ3v) is 2.53. The Morgan fingerprint density at radius 2 is 2.00 bits per heavy atom. The first-order valence-electron chi connectivity index (χ1n) is 4.91. The first-order chi connectivity index (χ1) is 7.09. The number of rotatable bonds is 2. The van der Waals surface area contributed by atoms with Crippen molar-refractivity contribution in [3.8, 4) is 0 Å². The second-order valence-electron chi connectivity index (χ2n) is 3.75. The Balaban J connectivity index is 2.40. The summed E-state index contributed by atoms with van der Waals surface area (Å²) >= 11 is 0. The summed E-state index contributed by atoms with van der Waals surface area (Å²) in [5.41, 5.74) is 3.17. The molecule has 15 heavy (non-hydrogen) atoms. The first kappa shape index (κ1) is 9.89. The lowest BCUT2D eigenvalue weighted by Gasteiger charge is -2.06. The van der Waals surface area contributed by atoms with E-state index in [4.69, 9.17) is 4.52 Å². The molecule has 0 fully saturated rings. The monoisotopic (exact) mass is 206 g/mol. The quantitative estimate of drug-likeness (QED) is 0.814. The van der Waals surface area contributed by atoms with Gasteiger partial charge >= 0.3 is 0 Å². The average molecular weight is 206 g/mol. The van der Waals surface area contributed by atoms with Crippen LogP contribution < -0.4 is 0 Å². The highest BCUT2D eigenvalue weighted by molar-refractivity contribution is 5.30. The zero-order valence-corrected chi connectivity index (χ0v) is 9.33. The maximum absolute atomic E-state index is 5.16. The first-order valence-corrected chi connectivity index (χ1v) is 4.91. The van der Waals surface area contributed by atoms with E-state index in [1.807, 2.05) is 27.7 Å². The molecule has 0 spiro atoms. The van der Waals surface area contributed by atoms with Crippen LogP contribution in [0.3, 0.4) is 0 Å². The van der Waals surface area contributed by atoms with E-state index in [-0.39, 0.29) is 5.92 Å². The summed E-state index contributed by atoms with van der Waals surface area (Å²) in [6.45, 7) is 7.82. The highest BCUT2D eigenvalue weighted by Crippen LogP contribution is 2.26. The molecule has 0 saturated heterocycles. The van der Waals surface area contributed by atoms with Crippen LogP contribution in [0.25, 0.3) is 0 Å². The number of aromatic amines is 1. The van der Waals surface area contributed by atoms with Gasteiger partial charge in [0, 0.05) is 11.3 Å². The van der Waals surface area contributed by atoms with Gasteiger partial charge in [-0.3, -0.25) is 5.10 Å². The van der Waals surface area contributed by atoms with E-state index in [1.54, 1.807) is 0 Å². The van der Waals surface area contributed by atoms with Gasteiger partial charge in [-0.2, -0.15) is 10.1 Å². The minimum absolute atomic E-state index is 0.0879. The number of H-pyrrole nitrogens is 1. The molecule has 1 N–H and O–H groups in total. The predicted molar refractivity (Wildman–Crippen MR) is 54.6 cm³/mol. The summed E-state index contributed by atoms with van der Waals surface area (Å²) in [6, 6.07) is 0. The molecular formula is C10H14N4O. The molecule has 0 aromatic carbocycles. The van der Waals surface area contributed by atoms with Crippen LogP contribution in [-0.4, -0.2) is 20.3 Å². The molecule has 0 aliphatic carbocycles. The smallest absolute Gasteiger partial charge is 0.234 e. The van der Waals surface area contributed by atoms with Crippen molar-refractivity contribution < 1.29 is 4.52 Å². The molecule has 0 aliphatic heterocycles. The normalized spacial score (nSPS) is 13.1. The SMILES string of the molecule is Cc1noc([C@H](C)c2c(C)n[nH]c2C)n1. The number of hydrogen-bond donors (Lipinski definition) is 1. The third kappa shape index (κ3) is 1.65. The zero-order chi connectivity index (χ0) is 11.0. The number of nitrogens with one attached hydrogen (secondary N) is 1. The molecule has 0 aliphatic rings. The Morgan fingerprint density at radius 1 is 1.27 bits per heavy atom. The Bertz CT molecular complexity index is 452. The number of aryl methyl sites for hydroxylation is 3. The van der Waals surface area contributed by atoms with Gasteiger partial charge in [-0.25, -0.2) is 0 Å². The molecule has 2 rings (SSSR count). The van der Waals surface area contributed by atoms with Crippen LogP contribution in [0.1, 0.15) is 41.5 Å². The second-order valence-corrected chi connectivity index (χ2v) is 3.75. The number of aromatic nitrogens is 4. The van der Waals surface area contributed by atoms with Gasteiger partial charge < -0.3 is 4.52 Å². The van der Waals surface area contributed by atoms with Gasteiger partial charge in [0.15, 0.2) is 5.82 Å². The lowest BCUT2D eigenvalue weighted by atomic mass is 9.99. The largest absolute Gasteiger partial charge is 0.339 e. The topological polar surface area (TPSA) is 67.6 Å². The number of nitrogens with zero attached hydrogens (tertiary/aromatic N) is 3. The number of hydrogen-bond acceptors (Lipinski definition) is 4. The molecule has 0 bridgehead atoms. The molecule has 0 amide bonds. The zero-order valence-electron chi connectivity index (χ0n) is 9.33. The van der Waals surface area contributed by atoms with Crippen LogP contribution in [0.4, 0.5) is 0 Å². The maximum atomic E-state index is 5.16. The fourth-order valence-electron chi connectivity index (χ4n) is 1.81. The third-order valence-electron chi connectivity index (χ3n) is 2.53. The summed E-state index contributed by atoms with van der Waals surface area (Å²) in [7, 11) is 0. The van der Waals surface area contributed by atoms with Gasteiger partial charge in [-0.15, -0.1) is 0 Å². The van der Waals surface area contributed by atoms with Crippen molar-refractivity contribution in [3.63, 3.8) is 0 Å². The van der Waals surface area contributed by atoms with Crippen molar-refractivity contribution in [1.29, 1.82) is 0 Å². The molecule has 2 heterocycles. The molecule has 5 heteroatoms. The van der Waals surface area contributed by atoms with Crippen molar-refractivity contribution in [2.24, 2.45) is 0 Å². The van der Waals surface area contributed by atoms with Crippen LogP contribution in [0.15, 0.2) is 4.52 Å². The Hall–Kier alpha value is -1.65. The van der Waals surface area contributed by atoms with Crippen molar-refractivity contribution in [3.05, 3.63) is 28.7 Å². The lowest BCUT2D eigenvalue weighted by molar-refractivity contribution is 0.366. The van der Waals surface area contributed by atoms with Crippen LogP contribution in [0.2, 0.25) is 0 Å².